The van der Waals surface area contributed by atoms with E-state index in [4.69, 9.17) is 0 Å². The van der Waals surface area contributed by atoms with Crippen molar-refractivity contribution >= 4 is 11.8 Å². The van der Waals surface area contributed by atoms with E-state index in [0.29, 0.717) is 0 Å². The van der Waals surface area contributed by atoms with Gasteiger partial charge in [-0.3, -0.25) is 9.59 Å². The molecule has 0 aromatic heterocycles. The third-order valence-electron chi connectivity index (χ3n) is 2.78. The van der Waals surface area contributed by atoms with E-state index >= 15 is 0 Å². The number of hydrogen-bond acceptors (Lipinski definition) is 3. The Morgan fingerprint density at radius 3 is 2.14 bits per heavy atom. The van der Waals surface area contributed by atoms with Gasteiger partial charge in [-0.1, -0.05) is 12.1 Å². The Hall–Kier alpha value is -2.18. The summed E-state index contributed by atoms with van der Waals surface area (Å²) in [5.41, 5.74) is 0.736. The average molecular weight is 300 g/mol. The summed E-state index contributed by atoms with van der Waals surface area (Å²) in [6.45, 7) is 1.78. The zero-order chi connectivity index (χ0) is 16.0. The average Bonchev–Trinajstić information content (AvgIpc) is 2.37. The summed E-state index contributed by atoms with van der Waals surface area (Å²) in [5, 5.41) is 5.19. The molecule has 1 aromatic carbocycles. The van der Waals surface area contributed by atoms with Crippen molar-refractivity contribution in [1.29, 1.82) is 0 Å². The summed E-state index contributed by atoms with van der Waals surface area (Å²) in [6.07, 6.45) is 0. The number of amides is 2. The Kier molecular flexibility index (Phi) is 6.08. The van der Waals surface area contributed by atoms with Gasteiger partial charge in [-0.15, -0.1) is 0 Å². The Bertz CT molecular complexity index is 491. The first-order valence-electron chi connectivity index (χ1n) is 6.42. The van der Waals surface area contributed by atoms with E-state index < -0.39 is 12.7 Å². The van der Waals surface area contributed by atoms with Crippen molar-refractivity contribution in [2.24, 2.45) is 0 Å². The smallest absolute Gasteiger partial charge is 0.387 e. The number of ether oxygens (including phenoxy) is 1. The number of alkyl halides is 2. The molecule has 21 heavy (non-hydrogen) atoms. The molecule has 0 radical (unpaired) electrons. The number of benzene rings is 1. The second kappa shape index (κ2) is 7.56. The Balaban J connectivity index is 2.60. The Morgan fingerprint density at radius 1 is 1.10 bits per heavy atom. The van der Waals surface area contributed by atoms with Crippen LogP contribution in [0.15, 0.2) is 24.3 Å². The van der Waals surface area contributed by atoms with E-state index in [0.717, 1.165) is 5.56 Å². The molecule has 2 atom stereocenters. The van der Waals surface area contributed by atoms with Crippen LogP contribution in [0.4, 0.5) is 8.78 Å². The van der Waals surface area contributed by atoms with E-state index in [9.17, 15) is 18.4 Å². The zero-order valence-electron chi connectivity index (χ0n) is 12.0. The first kappa shape index (κ1) is 16.9. The largest absolute Gasteiger partial charge is 0.435 e. The van der Waals surface area contributed by atoms with Crippen molar-refractivity contribution < 1.29 is 23.1 Å². The minimum Gasteiger partial charge on any atom is -0.435 e. The molecule has 0 aliphatic rings. The maximum Gasteiger partial charge on any atom is 0.387 e. The van der Waals surface area contributed by atoms with E-state index in [1.165, 1.54) is 19.1 Å². The van der Waals surface area contributed by atoms with E-state index in [2.05, 4.69) is 15.4 Å². The van der Waals surface area contributed by atoms with Crippen LogP contribution in [0.3, 0.4) is 0 Å². The van der Waals surface area contributed by atoms with Gasteiger partial charge in [-0.2, -0.15) is 8.78 Å². The molecule has 5 nitrogen and oxygen atoms in total. The topological polar surface area (TPSA) is 67.4 Å². The summed E-state index contributed by atoms with van der Waals surface area (Å²) in [5.74, 6) is -0.566. The van der Waals surface area contributed by atoms with Gasteiger partial charge in [-0.05, 0) is 31.5 Å². The summed E-state index contributed by atoms with van der Waals surface area (Å²) < 4.78 is 28.3. The molecule has 2 amide bonds. The highest BCUT2D eigenvalue weighted by molar-refractivity contribution is 5.86. The summed E-state index contributed by atoms with van der Waals surface area (Å²) in [6, 6.07) is 5.01. The van der Waals surface area contributed by atoms with Gasteiger partial charge in [0.05, 0.1) is 6.04 Å². The number of carbonyl (C=O) groups is 2. The highest BCUT2D eigenvalue weighted by Crippen LogP contribution is 2.19. The molecule has 1 aromatic rings. The molecule has 116 valence electrons. The number of halogens is 2. The van der Waals surface area contributed by atoms with Gasteiger partial charge in [0.25, 0.3) is 0 Å². The minimum atomic E-state index is -2.87. The molecule has 0 fully saturated rings. The Labute approximate surface area is 121 Å². The normalized spacial score (nSPS) is 13.4. The lowest BCUT2D eigenvalue weighted by atomic mass is 10.1. The number of nitrogens with one attached hydrogen (secondary N) is 2. The highest BCUT2D eigenvalue weighted by Gasteiger charge is 2.16. The molecule has 0 saturated heterocycles. The molecule has 0 bridgehead atoms. The molecular formula is C14H18F2N2O3. The predicted molar refractivity (Wildman–Crippen MR) is 72.9 cm³/mol. The van der Waals surface area contributed by atoms with Crippen LogP contribution in [0, 0.1) is 0 Å². The number of carbonyl (C=O) groups excluding carboxylic acids is 2. The van der Waals surface area contributed by atoms with Crippen LogP contribution in [0.25, 0.3) is 0 Å². The van der Waals surface area contributed by atoms with Crippen molar-refractivity contribution in [3.8, 4) is 5.75 Å². The van der Waals surface area contributed by atoms with Crippen molar-refractivity contribution in [3.63, 3.8) is 0 Å². The van der Waals surface area contributed by atoms with Crippen LogP contribution < -0.4 is 15.4 Å². The molecule has 7 heteroatoms. The monoisotopic (exact) mass is 300 g/mol. The first-order chi connectivity index (χ1) is 9.79. The molecule has 0 spiro atoms. The van der Waals surface area contributed by atoms with E-state index in [1.54, 1.807) is 26.0 Å². The summed E-state index contributed by atoms with van der Waals surface area (Å²) in [4.78, 5) is 22.7. The van der Waals surface area contributed by atoms with Gasteiger partial charge >= 0.3 is 6.61 Å². The number of hydrogen-bond donors (Lipinski definition) is 2. The SMILES string of the molecule is CC(=O)NC(C)C(=O)NC(C)c1ccc(OC(F)F)cc1. The molecular weight excluding hydrogens is 282 g/mol. The fraction of sp³-hybridized carbons (Fsp3) is 0.429. The lowest BCUT2D eigenvalue weighted by Crippen LogP contribution is -2.44. The van der Waals surface area contributed by atoms with Gasteiger partial charge in [-0.25, -0.2) is 0 Å². The highest BCUT2D eigenvalue weighted by atomic mass is 19.3. The van der Waals surface area contributed by atoms with Crippen molar-refractivity contribution in [2.45, 2.75) is 39.5 Å². The van der Waals surface area contributed by atoms with Gasteiger partial charge in [0, 0.05) is 6.92 Å². The summed E-state index contributed by atoms with van der Waals surface area (Å²) in [7, 11) is 0. The molecule has 0 aliphatic carbocycles. The third kappa shape index (κ3) is 5.76. The first-order valence-corrected chi connectivity index (χ1v) is 6.42. The maximum atomic E-state index is 12.0. The molecule has 2 N–H and O–H groups in total. The fourth-order valence-electron chi connectivity index (χ4n) is 1.73. The van der Waals surface area contributed by atoms with Gasteiger partial charge in [0.2, 0.25) is 11.8 Å². The lowest BCUT2D eigenvalue weighted by Gasteiger charge is -2.18. The molecule has 0 aliphatic heterocycles. The van der Waals surface area contributed by atoms with Crippen molar-refractivity contribution in [2.75, 3.05) is 0 Å². The predicted octanol–water partition coefficient (Wildman–Crippen LogP) is 1.99. The van der Waals surface area contributed by atoms with E-state index in [1.807, 2.05) is 0 Å². The Morgan fingerprint density at radius 2 is 1.67 bits per heavy atom. The second-order valence-corrected chi connectivity index (χ2v) is 4.60. The van der Waals surface area contributed by atoms with E-state index in [-0.39, 0.29) is 23.6 Å². The third-order valence-corrected chi connectivity index (χ3v) is 2.78. The van der Waals surface area contributed by atoms with Crippen LogP contribution in [0.1, 0.15) is 32.4 Å². The molecule has 1 rings (SSSR count). The standard InChI is InChI=1S/C14H18F2N2O3/c1-8(18-13(20)9(2)17-10(3)19)11-4-6-12(7-5-11)21-14(15)16/h4-9,14H,1-3H3,(H,17,19)(H,18,20). The summed E-state index contributed by atoms with van der Waals surface area (Å²) >= 11 is 0. The van der Waals surface area contributed by atoms with Crippen LogP contribution in [-0.4, -0.2) is 24.5 Å². The van der Waals surface area contributed by atoms with Crippen molar-refractivity contribution in [3.05, 3.63) is 29.8 Å². The lowest BCUT2D eigenvalue weighted by molar-refractivity contribution is -0.128. The maximum absolute atomic E-state index is 12.0. The zero-order valence-corrected chi connectivity index (χ0v) is 12.0. The van der Waals surface area contributed by atoms with Crippen LogP contribution >= 0.6 is 0 Å². The second-order valence-electron chi connectivity index (χ2n) is 4.60. The van der Waals surface area contributed by atoms with Crippen LogP contribution in [-0.2, 0) is 9.59 Å². The van der Waals surface area contributed by atoms with Crippen LogP contribution in [0.5, 0.6) is 5.75 Å². The fourth-order valence-corrected chi connectivity index (χ4v) is 1.73. The molecule has 2 unspecified atom stereocenters. The van der Waals surface area contributed by atoms with Crippen LogP contribution in [0.2, 0.25) is 0 Å². The quantitative estimate of drug-likeness (QED) is 0.844. The minimum absolute atomic E-state index is 0.0545. The molecule has 0 heterocycles. The van der Waals surface area contributed by atoms with Crippen molar-refractivity contribution in [1.82, 2.24) is 10.6 Å². The van der Waals surface area contributed by atoms with Gasteiger partial charge < -0.3 is 15.4 Å². The molecule has 0 saturated carbocycles. The number of rotatable bonds is 6. The van der Waals surface area contributed by atoms with Gasteiger partial charge in [0.1, 0.15) is 11.8 Å². The van der Waals surface area contributed by atoms with Gasteiger partial charge in [0.15, 0.2) is 0 Å².